The average molecular weight is 438 g/mol. The highest BCUT2D eigenvalue weighted by Crippen LogP contribution is 2.38. The number of benzene rings is 3. The standard InChI is InChI=1S/C24H17ClFNO4/c1-30-22-12-16(9-19(13-27)17-5-7-18(8-6-17)24(28)29)11-21(25)23(22)31-14-15-3-2-4-20(26)10-15/h2-12H,14H2,1H3,(H,28,29)/b19-9-. The van der Waals surface area contributed by atoms with Crippen molar-refractivity contribution in [1.29, 1.82) is 5.26 Å². The van der Waals surface area contributed by atoms with Crippen molar-refractivity contribution in [1.82, 2.24) is 0 Å². The van der Waals surface area contributed by atoms with Gasteiger partial charge in [-0.2, -0.15) is 5.26 Å². The third-order valence-corrected chi connectivity index (χ3v) is 4.68. The van der Waals surface area contributed by atoms with Gasteiger partial charge in [0, 0.05) is 0 Å². The molecule has 0 aliphatic rings. The molecule has 0 aromatic heterocycles. The zero-order chi connectivity index (χ0) is 22.4. The van der Waals surface area contributed by atoms with Crippen LogP contribution in [-0.2, 0) is 6.61 Å². The fourth-order valence-corrected chi connectivity index (χ4v) is 3.16. The number of nitriles is 1. The van der Waals surface area contributed by atoms with Crippen molar-refractivity contribution in [2.45, 2.75) is 6.61 Å². The molecule has 0 spiro atoms. The first kappa shape index (κ1) is 21.9. The monoisotopic (exact) mass is 437 g/mol. The fraction of sp³-hybridized carbons (Fsp3) is 0.0833. The number of hydrogen-bond acceptors (Lipinski definition) is 4. The van der Waals surface area contributed by atoms with E-state index in [1.807, 2.05) is 0 Å². The summed E-state index contributed by atoms with van der Waals surface area (Å²) in [4.78, 5) is 11.0. The van der Waals surface area contributed by atoms with Crippen LogP contribution in [0.25, 0.3) is 11.6 Å². The van der Waals surface area contributed by atoms with Crippen LogP contribution < -0.4 is 9.47 Å². The van der Waals surface area contributed by atoms with E-state index in [1.165, 1.54) is 31.4 Å². The molecule has 0 amide bonds. The van der Waals surface area contributed by atoms with Gasteiger partial charge < -0.3 is 14.6 Å². The summed E-state index contributed by atoms with van der Waals surface area (Å²) in [7, 11) is 1.46. The quantitative estimate of drug-likeness (QED) is 0.371. The van der Waals surface area contributed by atoms with Gasteiger partial charge in [-0.25, -0.2) is 9.18 Å². The van der Waals surface area contributed by atoms with Crippen molar-refractivity contribution in [3.63, 3.8) is 0 Å². The topological polar surface area (TPSA) is 79.5 Å². The molecule has 31 heavy (non-hydrogen) atoms. The average Bonchev–Trinajstić information content (AvgIpc) is 2.76. The molecule has 0 atom stereocenters. The third kappa shape index (κ3) is 5.41. The maximum atomic E-state index is 13.4. The first-order valence-electron chi connectivity index (χ1n) is 9.11. The zero-order valence-electron chi connectivity index (χ0n) is 16.4. The molecule has 1 N–H and O–H groups in total. The molecular weight excluding hydrogens is 421 g/mol. The molecule has 0 fully saturated rings. The number of methoxy groups -OCH3 is 1. The van der Waals surface area contributed by atoms with Crippen molar-refractivity contribution >= 4 is 29.2 Å². The van der Waals surface area contributed by atoms with Gasteiger partial charge in [-0.1, -0.05) is 35.9 Å². The van der Waals surface area contributed by atoms with E-state index >= 15 is 0 Å². The van der Waals surface area contributed by atoms with Gasteiger partial charge >= 0.3 is 5.97 Å². The van der Waals surface area contributed by atoms with Crippen LogP contribution in [0.1, 0.15) is 27.0 Å². The van der Waals surface area contributed by atoms with E-state index < -0.39 is 5.97 Å². The van der Waals surface area contributed by atoms with E-state index in [2.05, 4.69) is 6.07 Å². The fourth-order valence-electron chi connectivity index (χ4n) is 2.88. The highest BCUT2D eigenvalue weighted by atomic mass is 35.5. The highest BCUT2D eigenvalue weighted by molar-refractivity contribution is 6.32. The van der Waals surface area contributed by atoms with Gasteiger partial charge in [0.1, 0.15) is 12.4 Å². The lowest BCUT2D eigenvalue weighted by molar-refractivity contribution is 0.0697. The number of rotatable bonds is 7. The maximum Gasteiger partial charge on any atom is 0.335 e. The summed E-state index contributed by atoms with van der Waals surface area (Å²) in [5.74, 6) is -0.747. The molecule has 0 radical (unpaired) electrons. The summed E-state index contributed by atoms with van der Waals surface area (Å²) in [5.41, 5.74) is 2.25. The lowest BCUT2D eigenvalue weighted by atomic mass is 10.0. The number of nitrogens with zero attached hydrogens (tertiary/aromatic N) is 1. The van der Waals surface area contributed by atoms with E-state index in [0.717, 1.165) is 0 Å². The van der Waals surface area contributed by atoms with Gasteiger partial charge in [-0.3, -0.25) is 0 Å². The Morgan fingerprint density at radius 2 is 1.87 bits per heavy atom. The molecule has 0 saturated carbocycles. The van der Waals surface area contributed by atoms with E-state index in [4.69, 9.17) is 26.2 Å². The van der Waals surface area contributed by atoms with Crippen LogP contribution in [0, 0.1) is 17.1 Å². The van der Waals surface area contributed by atoms with E-state index in [-0.39, 0.29) is 23.0 Å². The molecule has 3 aromatic rings. The molecule has 0 bridgehead atoms. The molecule has 0 aliphatic carbocycles. The molecule has 5 nitrogen and oxygen atoms in total. The Kier molecular flexibility index (Phi) is 6.91. The van der Waals surface area contributed by atoms with Crippen molar-refractivity contribution in [3.8, 4) is 17.6 Å². The van der Waals surface area contributed by atoms with E-state index in [9.17, 15) is 14.4 Å². The van der Waals surface area contributed by atoms with Gasteiger partial charge in [-0.05, 0) is 59.2 Å². The molecule has 0 saturated heterocycles. The minimum absolute atomic E-state index is 0.0996. The van der Waals surface area contributed by atoms with Crippen molar-refractivity contribution < 1.29 is 23.8 Å². The first-order chi connectivity index (χ1) is 14.9. The summed E-state index contributed by atoms with van der Waals surface area (Å²) in [6.07, 6.45) is 1.61. The summed E-state index contributed by atoms with van der Waals surface area (Å²) < 4.78 is 24.5. The van der Waals surface area contributed by atoms with Crippen molar-refractivity contribution in [2.24, 2.45) is 0 Å². The number of ether oxygens (including phenoxy) is 2. The summed E-state index contributed by atoms with van der Waals surface area (Å²) in [6.45, 7) is 0.0996. The normalized spacial score (nSPS) is 11.0. The van der Waals surface area contributed by atoms with Crippen molar-refractivity contribution in [3.05, 3.63) is 93.8 Å². The minimum atomic E-state index is -1.04. The Labute approximate surface area is 183 Å². The van der Waals surface area contributed by atoms with Crippen molar-refractivity contribution in [2.75, 3.05) is 7.11 Å². The second kappa shape index (κ2) is 9.79. The van der Waals surface area contributed by atoms with Crippen LogP contribution >= 0.6 is 11.6 Å². The predicted molar refractivity (Wildman–Crippen MR) is 116 cm³/mol. The van der Waals surface area contributed by atoms with Crippen LogP contribution in [0.3, 0.4) is 0 Å². The lowest BCUT2D eigenvalue weighted by Gasteiger charge is -2.14. The van der Waals surface area contributed by atoms with Gasteiger partial charge in [0.25, 0.3) is 0 Å². The molecule has 0 heterocycles. The Morgan fingerprint density at radius 3 is 2.48 bits per heavy atom. The molecule has 0 aliphatic heterocycles. The third-order valence-electron chi connectivity index (χ3n) is 4.40. The molecule has 3 aromatic carbocycles. The number of carboxylic acids is 1. The molecule has 3 rings (SSSR count). The van der Waals surface area contributed by atoms with Crippen LogP contribution in [0.4, 0.5) is 4.39 Å². The Balaban J connectivity index is 1.88. The Hall–Kier alpha value is -3.82. The minimum Gasteiger partial charge on any atom is -0.493 e. The maximum absolute atomic E-state index is 13.4. The first-order valence-corrected chi connectivity index (χ1v) is 9.49. The molecule has 7 heteroatoms. The Bertz CT molecular complexity index is 1180. The predicted octanol–water partition coefficient (Wildman–Crippen LogP) is 5.83. The highest BCUT2D eigenvalue weighted by Gasteiger charge is 2.13. The van der Waals surface area contributed by atoms with E-state index in [1.54, 1.807) is 42.5 Å². The summed E-state index contributed by atoms with van der Waals surface area (Å²) in [5, 5.41) is 18.8. The Morgan fingerprint density at radius 1 is 1.16 bits per heavy atom. The number of halogens is 2. The van der Waals surface area contributed by atoms with Crippen LogP contribution in [0.2, 0.25) is 5.02 Å². The second-order valence-electron chi connectivity index (χ2n) is 6.51. The number of carboxylic acid groups (broad SMARTS) is 1. The van der Waals surface area contributed by atoms with Gasteiger partial charge in [0.05, 0.1) is 29.3 Å². The van der Waals surface area contributed by atoms with Gasteiger partial charge in [0.15, 0.2) is 11.5 Å². The molecule has 0 unspecified atom stereocenters. The van der Waals surface area contributed by atoms with Gasteiger partial charge in [-0.15, -0.1) is 0 Å². The van der Waals surface area contributed by atoms with Crippen LogP contribution in [-0.4, -0.2) is 18.2 Å². The number of allylic oxidation sites excluding steroid dienone is 1. The van der Waals surface area contributed by atoms with Crippen LogP contribution in [0.5, 0.6) is 11.5 Å². The molecular formula is C24H17ClFNO4. The summed E-state index contributed by atoms with van der Waals surface area (Å²) in [6, 6.07) is 17.4. The summed E-state index contributed by atoms with van der Waals surface area (Å²) >= 11 is 6.38. The number of carbonyl (C=O) groups is 1. The smallest absolute Gasteiger partial charge is 0.335 e. The number of hydrogen-bond donors (Lipinski definition) is 1. The number of aromatic carboxylic acids is 1. The SMILES string of the molecule is COc1cc(/C=C(/C#N)c2ccc(C(=O)O)cc2)cc(Cl)c1OCc1cccc(F)c1. The lowest BCUT2D eigenvalue weighted by Crippen LogP contribution is -1.99. The van der Waals surface area contributed by atoms with E-state index in [0.29, 0.717) is 33.8 Å². The molecule has 156 valence electrons. The second-order valence-corrected chi connectivity index (χ2v) is 6.91. The largest absolute Gasteiger partial charge is 0.493 e. The van der Waals surface area contributed by atoms with Crippen LogP contribution in [0.15, 0.2) is 60.7 Å². The zero-order valence-corrected chi connectivity index (χ0v) is 17.2. The van der Waals surface area contributed by atoms with Gasteiger partial charge in [0.2, 0.25) is 0 Å².